The lowest BCUT2D eigenvalue weighted by Crippen LogP contribution is -2.12. The van der Waals surface area contributed by atoms with Crippen molar-refractivity contribution in [3.63, 3.8) is 0 Å². The Morgan fingerprint density at radius 1 is 1.24 bits per heavy atom. The van der Waals surface area contributed by atoms with E-state index >= 15 is 0 Å². The maximum Gasteiger partial charge on any atom is 0.256 e. The number of carbonyl (C=O) groups is 1. The number of aromatic amines is 1. The van der Waals surface area contributed by atoms with Crippen LogP contribution in [0, 0.1) is 0 Å². The number of hydrogen-bond acceptors (Lipinski definition) is 6. The van der Waals surface area contributed by atoms with Crippen molar-refractivity contribution in [2.75, 3.05) is 5.32 Å². The van der Waals surface area contributed by atoms with Crippen molar-refractivity contribution < 1.29 is 4.79 Å². The van der Waals surface area contributed by atoms with Gasteiger partial charge < -0.3 is 11.1 Å². The Labute approximate surface area is 170 Å². The fraction of sp³-hybridized carbons (Fsp3) is 0. The molecular formula is C19H15ClN8O. The molecule has 0 bridgehead atoms. The Balaban J connectivity index is 1.57. The highest BCUT2D eigenvalue weighted by Crippen LogP contribution is 2.27. The van der Waals surface area contributed by atoms with E-state index in [0.717, 1.165) is 11.3 Å². The van der Waals surface area contributed by atoms with Crippen LogP contribution < -0.4 is 11.1 Å². The molecule has 0 fully saturated rings. The number of halogens is 1. The topological polar surface area (TPSA) is 127 Å². The Morgan fingerprint density at radius 2 is 2.07 bits per heavy atom. The number of nitrogens with two attached hydrogens (primary N) is 1. The molecule has 0 spiro atoms. The molecule has 0 atom stereocenters. The van der Waals surface area contributed by atoms with E-state index in [0.29, 0.717) is 16.5 Å². The van der Waals surface area contributed by atoms with Crippen LogP contribution in [0.2, 0.25) is 5.02 Å². The van der Waals surface area contributed by atoms with Gasteiger partial charge in [-0.05, 0) is 35.9 Å². The SMILES string of the molecule is NC(=O)c1c(N=Cc2ccc(-n3cncn3)cc2)n[nH]c1Nc1cccc(Cl)c1. The first kappa shape index (κ1) is 18.4. The molecule has 0 saturated heterocycles. The van der Waals surface area contributed by atoms with Gasteiger partial charge in [-0.15, -0.1) is 0 Å². The van der Waals surface area contributed by atoms with Gasteiger partial charge in [-0.25, -0.2) is 14.7 Å². The minimum absolute atomic E-state index is 0.153. The van der Waals surface area contributed by atoms with Gasteiger partial charge in [-0.3, -0.25) is 9.89 Å². The predicted molar refractivity (Wildman–Crippen MR) is 110 cm³/mol. The second-order valence-electron chi connectivity index (χ2n) is 5.99. The van der Waals surface area contributed by atoms with Gasteiger partial charge in [0.2, 0.25) is 0 Å². The fourth-order valence-corrected chi connectivity index (χ4v) is 2.84. The van der Waals surface area contributed by atoms with Crippen molar-refractivity contribution in [2.45, 2.75) is 0 Å². The summed E-state index contributed by atoms with van der Waals surface area (Å²) in [7, 11) is 0. The maximum atomic E-state index is 12.0. The molecule has 4 rings (SSSR count). The molecule has 10 heteroatoms. The smallest absolute Gasteiger partial charge is 0.256 e. The molecule has 0 unspecified atom stereocenters. The van der Waals surface area contributed by atoms with Crippen molar-refractivity contribution in [1.82, 2.24) is 25.0 Å². The monoisotopic (exact) mass is 406 g/mol. The van der Waals surface area contributed by atoms with Crippen LogP contribution in [0.1, 0.15) is 15.9 Å². The molecule has 2 aromatic heterocycles. The number of H-pyrrole nitrogens is 1. The largest absolute Gasteiger partial charge is 0.365 e. The van der Waals surface area contributed by atoms with Gasteiger partial charge in [-0.2, -0.15) is 10.2 Å². The zero-order valence-corrected chi connectivity index (χ0v) is 15.7. The van der Waals surface area contributed by atoms with E-state index in [1.165, 1.54) is 6.33 Å². The first-order valence-electron chi connectivity index (χ1n) is 8.50. The molecule has 0 radical (unpaired) electrons. The molecule has 29 heavy (non-hydrogen) atoms. The van der Waals surface area contributed by atoms with Gasteiger partial charge in [0, 0.05) is 16.9 Å². The van der Waals surface area contributed by atoms with E-state index in [-0.39, 0.29) is 11.4 Å². The molecule has 2 aromatic carbocycles. The van der Waals surface area contributed by atoms with Crippen LogP contribution >= 0.6 is 11.6 Å². The summed E-state index contributed by atoms with van der Waals surface area (Å²) < 4.78 is 1.65. The lowest BCUT2D eigenvalue weighted by Gasteiger charge is -2.05. The highest BCUT2D eigenvalue weighted by Gasteiger charge is 2.18. The summed E-state index contributed by atoms with van der Waals surface area (Å²) in [5, 5.41) is 14.5. The third kappa shape index (κ3) is 4.14. The molecule has 1 amide bonds. The van der Waals surface area contributed by atoms with Gasteiger partial charge in [-0.1, -0.05) is 29.8 Å². The zero-order valence-electron chi connectivity index (χ0n) is 15.0. The number of nitrogens with zero attached hydrogens (tertiary/aromatic N) is 5. The first-order chi connectivity index (χ1) is 14.1. The fourth-order valence-electron chi connectivity index (χ4n) is 2.65. The number of nitrogens with one attached hydrogen (secondary N) is 2. The van der Waals surface area contributed by atoms with Crippen LogP contribution in [0.15, 0.2) is 66.2 Å². The quantitative estimate of drug-likeness (QED) is 0.423. The third-order valence-corrected chi connectivity index (χ3v) is 4.23. The summed E-state index contributed by atoms with van der Waals surface area (Å²) >= 11 is 5.99. The number of amides is 1. The summed E-state index contributed by atoms with van der Waals surface area (Å²) in [4.78, 5) is 20.2. The van der Waals surface area contributed by atoms with Gasteiger partial charge in [0.15, 0.2) is 5.82 Å². The van der Waals surface area contributed by atoms with Crippen molar-refractivity contribution in [3.8, 4) is 5.69 Å². The summed E-state index contributed by atoms with van der Waals surface area (Å²) in [5.41, 5.74) is 8.05. The minimum Gasteiger partial charge on any atom is -0.365 e. The molecule has 4 aromatic rings. The van der Waals surface area contributed by atoms with Gasteiger partial charge in [0.05, 0.1) is 5.69 Å². The van der Waals surface area contributed by atoms with Crippen molar-refractivity contribution >= 4 is 41.0 Å². The lowest BCUT2D eigenvalue weighted by molar-refractivity contribution is 0.100. The molecule has 0 saturated carbocycles. The number of hydrogen-bond donors (Lipinski definition) is 3. The number of rotatable bonds is 6. The highest BCUT2D eigenvalue weighted by atomic mass is 35.5. The van der Waals surface area contributed by atoms with E-state index < -0.39 is 5.91 Å². The molecule has 2 heterocycles. The Morgan fingerprint density at radius 3 is 2.76 bits per heavy atom. The summed E-state index contributed by atoms with van der Waals surface area (Å²) in [6, 6.07) is 14.5. The molecule has 4 N–H and O–H groups in total. The van der Waals surface area contributed by atoms with Gasteiger partial charge in [0.1, 0.15) is 24.0 Å². The van der Waals surface area contributed by atoms with Crippen LogP contribution in [0.3, 0.4) is 0 Å². The standard InChI is InChI=1S/C19H15ClN8O/c20-13-2-1-3-14(8-13)25-19-16(17(21)29)18(26-27-19)23-9-12-4-6-15(7-5-12)28-11-22-10-24-28/h1-11H,(H2,21,29)(H2,25,26,27). The van der Waals surface area contributed by atoms with E-state index in [1.54, 1.807) is 41.5 Å². The number of aromatic nitrogens is 5. The molecular weight excluding hydrogens is 392 g/mol. The van der Waals surface area contributed by atoms with Crippen molar-refractivity contribution in [3.05, 3.63) is 77.3 Å². The number of benzene rings is 2. The van der Waals surface area contributed by atoms with Crippen LogP contribution in [0.4, 0.5) is 17.3 Å². The molecule has 0 aliphatic heterocycles. The van der Waals surface area contributed by atoms with E-state index in [9.17, 15) is 4.79 Å². The Kier molecular flexibility index (Phi) is 5.04. The maximum absolute atomic E-state index is 12.0. The average Bonchev–Trinajstić information content (AvgIpc) is 3.37. The predicted octanol–water partition coefficient (Wildman–Crippen LogP) is 3.24. The minimum atomic E-state index is -0.656. The van der Waals surface area contributed by atoms with Crippen LogP contribution in [-0.2, 0) is 0 Å². The number of primary amides is 1. The Bertz CT molecular complexity index is 1170. The number of aliphatic imine (C=N–C) groups is 1. The summed E-state index contributed by atoms with van der Waals surface area (Å²) in [5.74, 6) is -0.132. The summed E-state index contributed by atoms with van der Waals surface area (Å²) in [6.45, 7) is 0. The highest BCUT2D eigenvalue weighted by molar-refractivity contribution is 6.30. The molecule has 0 aliphatic carbocycles. The van der Waals surface area contributed by atoms with E-state index in [1.807, 2.05) is 24.3 Å². The average molecular weight is 407 g/mol. The summed E-state index contributed by atoms with van der Waals surface area (Å²) in [6.07, 6.45) is 4.67. The number of anilines is 2. The Hall–Kier alpha value is -3.98. The normalized spacial score (nSPS) is 11.1. The number of carbonyl (C=O) groups excluding carboxylic acids is 1. The van der Waals surface area contributed by atoms with Crippen LogP contribution in [-0.4, -0.2) is 37.1 Å². The van der Waals surface area contributed by atoms with E-state index in [4.69, 9.17) is 17.3 Å². The van der Waals surface area contributed by atoms with Crippen molar-refractivity contribution in [2.24, 2.45) is 10.7 Å². The third-order valence-electron chi connectivity index (χ3n) is 4.00. The van der Waals surface area contributed by atoms with E-state index in [2.05, 4.69) is 30.6 Å². The molecule has 0 aliphatic rings. The molecule has 9 nitrogen and oxygen atoms in total. The van der Waals surface area contributed by atoms with Gasteiger partial charge in [0.25, 0.3) is 5.91 Å². The van der Waals surface area contributed by atoms with Crippen LogP contribution in [0.5, 0.6) is 0 Å². The van der Waals surface area contributed by atoms with Crippen molar-refractivity contribution in [1.29, 1.82) is 0 Å². The second kappa shape index (κ2) is 7.95. The lowest BCUT2D eigenvalue weighted by atomic mass is 10.2. The second-order valence-corrected chi connectivity index (χ2v) is 6.42. The van der Waals surface area contributed by atoms with Crippen LogP contribution in [0.25, 0.3) is 5.69 Å². The van der Waals surface area contributed by atoms with Gasteiger partial charge >= 0.3 is 0 Å². The zero-order chi connectivity index (χ0) is 20.2. The first-order valence-corrected chi connectivity index (χ1v) is 8.88. The molecule has 144 valence electrons.